The van der Waals surface area contributed by atoms with Crippen LogP contribution in [0.5, 0.6) is 0 Å². The molecule has 0 bridgehead atoms. The van der Waals surface area contributed by atoms with Crippen molar-refractivity contribution in [1.29, 1.82) is 0 Å². The second kappa shape index (κ2) is 3.62. The second-order valence-corrected chi connectivity index (χ2v) is 3.17. The summed E-state index contributed by atoms with van der Waals surface area (Å²) in [6.07, 6.45) is 0. The largest absolute Gasteiger partial charge is 0.335 e. The molecule has 0 radical (unpaired) electrons. The molecular formula is C7H13N5O2. The van der Waals surface area contributed by atoms with Gasteiger partial charge in [0.15, 0.2) is 0 Å². The van der Waals surface area contributed by atoms with E-state index in [1.165, 1.54) is 4.68 Å². The molecule has 1 rings (SSSR count). The molecule has 1 aromatic heterocycles. The van der Waals surface area contributed by atoms with Crippen LogP contribution in [0.4, 0.5) is 11.5 Å². The van der Waals surface area contributed by atoms with Gasteiger partial charge >= 0.3 is 5.69 Å². The van der Waals surface area contributed by atoms with Gasteiger partial charge in [-0.25, -0.2) is 9.69 Å². The van der Waals surface area contributed by atoms with Gasteiger partial charge in [-0.3, -0.25) is 15.5 Å². The van der Waals surface area contributed by atoms with Crippen LogP contribution in [0.3, 0.4) is 0 Å². The molecule has 0 spiro atoms. The van der Waals surface area contributed by atoms with Gasteiger partial charge in [-0.15, -0.1) is 0 Å². The predicted molar refractivity (Wildman–Crippen MR) is 51.9 cm³/mol. The summed E-state index contributed by atoms with van der Waals surface area (Å²) in [5.41, 5.74) is 3.26. The summed E-state index contributed by atoms with van der Waals surface area (Å²) in [6.45, 7) is 1.61. The zero-order valence-corrected chi connectivity index (χ0v) is 8.61. The van der Waals surface area contributed by atoms with Gasteiger partial charge in [-0.1, -0.05) is 0 Å². The van der Waals surface area contributed by atoms with E-state index in [4.69, 9.17) is 0 Å². The minimum Gasteiger partial charge on any atom is -0.298 e. The summed E-state index contributed by atoms with van der Waals surface area (Å²) < 4.78 is 1.45. The van der Waals surface area contributed by atoms with Gasteiger partial charge in [0.25, 0.3) is 0 Å². The summed E-state index contributed by atoms with van der Waals surface area (Å²) in [6, 6.07) is 0. The van der Waals surface area contributed by atoms with Crippen molar-refractivity contribution >= 4 is 11.5 Å². The third kappa shape index (κ3) is 1.82. The van der Waals surface area contributed by atoms with Crippen molar-refractivity contribution in [2.45, 2.75) is 6.92 Å². The summed E-state index contributed by atoms with van der Waals surface area (Å²) >= 11 is 0. The lowest BCUT2D eigenvalue weighted by atomic mass is 10.4. The number of aromatic nitrogens is 2. The molecule has 0 aliphatic heterocycles. The first-order chi connectivity index (χ1) is 6.43. The first-order valence-electron chi connectivity index (χ1n) is 4.05. The molecule has 0 atom stereocenters. The number of hydrogen-bond acceptors (Lipinski definition) is 5. The van der Waals surface area contributed by atoms with Crippen molar-refractivity contribution in [1.82, 2.24) is 14.8 Å². The Morgan fingerprint density at radius 1 is 1.57 bits per heavy atom. The highest BCUT2D eigenvalue weighted by Crippen LogP contribution is 2.26. The van der Waals surface area contributed by atoms with E-state index in [0.717, 1.165) is 0 Å². The molecule has 0 saturated carbocycles. The maximum atomic E-state index is 10.7. The summed E-state index contributed by atoms with van der Waals surface area (Å²) in [5, 5.41) is 16.3. The first-order valence-corrected chi connectivity index (χ1v) is 4.05. The van der Waals surface area contributed by atoms with Gasteiger partial charge in [0.1, 0.15) is 5.69 Å². The molecule has 78 valence electrons. The number of nitrogens with one attached hydrogen (secondary N) is 1. The number of nitrogens with zero attached hydrogens (tertiary/aromatic N) is 4. The summed E-state index contributed by atoms with van der Waals surface area (Å²) in [4.78, 5) is 10.3. The van der Waals surface area contributed by atoms with E-state index >= 15 is 0 Å². The summed E-state index contributed by atoms with van der Waals surface area (Å²) in [7, 11) is 5.17. The highest BCUT2D eigenvalue weighted by Gasteiger charge is 2.23. The van der Waals surface area contributed by atoms with E-state index in [9.17, 15) is 10.1 Å². The standard InChI is InChI=1S/C7H13N5O2/c1-5-6(12(13)14)7(9-10(2)3)11(4)8-5/h9H,1-4H3. The quantitative estimate of drug-likeness (QED) is 0.567. The van der Waals surface area contributed by atoms with E-state index in [1.807, 2.05) is 0 Å². The molecular weight excluding hydrogens is 186 g/mol. The summed E-state index contributed by atoms with van der Waals surface area (Å²) in [5.74, 6) is 0.387. The lowest BCUT2D eigenvalue weighted by Gasteiger charge is -2.12. The van der Waals surface area contributed by atoms with Crippen molar-refractivity contribution in [2.75, 3.05) is 19.5 Å². The SMILES string of the molecule is Cc1nn(C)c(NN(C)C)c1[N+](=O)[O-]. The highest BCUT2D eigenvalue weighted by molar-refractivity contribution is 5.58. The monoisotopic (exact) mass is 199 g/mol. The Bertz CT molecular complexity index is 357. The third-order valence-electron chi connectivity index (χ3n) is 1.70. The Morgan fingerprint density at radius 3 is 2.57 bits per heavy atom. The second-order valence-electron chi connectivity index (χ2n) is 3.17. The molecule has 0 aliphatic carbocycles. The van der Waals surface area contributed by atoms with Crippen LogP contribution < -0.4 is 5.43 Å². The fourth-order valence-electron chi connectivity index (χ4n) is 1.20. The predicted octanol–water partition coefficient (Wildman–Crippen LogP) is 0.525. The number of nitro groups is 1. The minimum atomic E-state index is -0.436. The fraction of sp³-hybridized carbons (Fsp3) is 0.571. The molecule has 7 nitrogen and oxygen atoms in total. The molecule has 14 heavy (non-hydrogen) atoms. The van der Waals surface area contributed by atoms with Gasteiger partial charge in [-0.2, -0.15) is 5.10 Å². The average Bonchev–Trinajstić information content (AvgIpc) is 2.25. The van der Waals surface area contributed by atoms with Gasteiger partial charge in [0, 0.05) is 21.1 Å². The molecule has 7 heteroatoms. The maximum Gasteiger partial charge on any atom is 0.335 e. The highest BCUT2D eigenvalue weighted by atomic mass is 16.6. The van der Waals surface area contributed by atoms with E-state index in [2.05, 4.69) is 10.5 Å². The van der Waals surface area contributed by atoms with Crippen LogP contribution in [0.2, 0.25) is 0 Å². The van der Waals surface area contributed by atoms with E-state index in [1.54, 1.807) is 33.1 Å². The lowest BCUT2D eigenvalue weighted by molar-refractivity contribution is -0.384. The Kier molecular flexibility index (Phi) is 2.70. The van der Waals surface area contributed by atoms with Gasteiger partial charge < -0.3 is 0 Å². The zero-order chi connectivity index (χ0) is 10.9. The van der Waals surface area contributed by atoms with E-state index < -0.39 is 4.92 Å². The molecule has 0 aromatic carbocycles. The Labute approximate surface area is 81.4 Å². The normalized spacial score (nSPS) is 10.6. The van der Waals surface area contributed by atoms with Crippen LogP contribution in [-0.2, 0) is 7.05 Å². The van der Waals surface area contributed by atoms with Crippen molar-refractivity contribution < 1.29 is 4.92 Å². The van der Waals surface area contributed by atoms with Crippen LogP contribution in [0, 0.1) is 17.0 Å². The number of aryl methyl sites for hydroxylation is 2. The van der Waals surface area contributed by atoms with Crippen LogP contribution in [0.25, 0.3) is 0 Å². The zero-order valence-electron chi connectivity index (χ0n) is 8.61. The fourth-order valence-corrected chi connectivity index (χ4v) is 1.20. The van der Waals surface area contributed by atoms with Crippen LogP contribution in [0.15, 0.2) is 0 Å². The Hall–Kier alpha value is -1.63. The Morgan fingerprint density at radius 2 is 2.14 bits per heavy atom. The van der Waals surface area contributed by atoms with Crippen molar-refractivity contribution in [3.63, 3.8) is 0 Å². The first kappa shape index (κ1) is 10.5. The molecule has 0 amide bonds. The van der Waals surface area contributed by atoms with Crippen molar-refractivity contribution in [3.8, 4) is 0 Å². The van der Waals surface area contributed by atoms with Gasteiger partial charge in [0.05, 0.1) is 4.92 Å². The molecule has 1 aromatic rings. The topological polar surface area (TPSA) is 76.2 Å². The van der Waals surface area contributed by atoms with Gasteiger partial charge in [-0.05, 0) is 6.92 Å². The molecule has 1 heterocycles. The molecule has 0 aliphatic rings. The number of anilines is 1. The van der Waals surface area contributed by atoms with E-state index in [-0.39, 0.29) is 5.69 Å². The van der Waals surface area contributed by atoms with E-state index in [0.29, 0.717) is 11.5 Å². The Balaban J connectivity index is 3.18. The van der Waals surface area contributed by atoms with Crippen LogP contribution in [0.1, 0.15) is 5.69 Å². The van der Waals surface area contributed by atoms with Crippen LogP contribution in [-0.4, -0.2) is 33.8 Å². The van der Waals surface area contributed by atoms with Crippen molar-refractivity contribution in [2.24, 2.45) is 7.05 Å². The number of hydrazine groups is 1. The average molecular weight is 199 g/mol. The smallest absolute Gasteiger partial charge is 0.298 e. The molecule has 0 saturated heterocycles. The minimum absolute atomic E-state index is 0.0150. The number of hydrogen-bond donors (Lipinski definition) is 1. The maximum absolute atomic E-state index is 10.7. The van der Waals surface area contributed by atoms with Crippen molar-refractivity contribution in [3.05, 3.63) is 15.8 Å². The van der Waals surface area contributed by atoms with Crippen LogP contribution >= 0.6 is 0 Å². The third-order valence-corrected chi connectivity index (χ3v) is 1.70. The van der Waals surface area contributed by atoms with Gasteiger partial charge in [0.2, 0.25) is 5.82 Å². The molecule has 0 unspecified atom stereocenters. The molecule has 0 fully saturated rings. The lowest BCUT2D eigenvalue weighted by Crippen LogP contribution is -2.22. The molecule has 1 N–H and O–H groups in total. The number of rotatable bonds is 3.